The van der Waals surface area contributed by atoms with E-state index >= 15 is 0 Å². The molecule has 10 heteroatoms. The number of pyridine rings is 1. The van der Waals surface area contributed by atoms with Crippen LogP contribution in [0.5, 0.6) is 0 Å². The maximum Gasteiger partial charge on any atom is 0.403 e. The summed E-state index contributed by atoms with van der Waals surface area (Å²) in [5.41, 5.74) is 3.05. The molecule has 0 spiro atoms. The second-order valence-corrected chi connectivity index (χ2v) is 7.38. The fourth-order valence-corrected chi connectivity index (χ4v) is 3.56. The van der Waals surface area contributed by atoms with Gasteiger partial charge in [-0.2, -0.15) is 13.2 Å². The van der Waals surface area contributed by atoms with Gasteiger partial charge in [0, 0.05) is 58.1 Å². The Hall–Kier alpha value is -1.56. The summed E-state index contributed by atoms with van der Waals surface area (Å²) >= 11 is 0. The van der Waals surface area contributed by atoms with Crippen molar-refractivity contribution in [2.75, 3.05) is 39.3 Å². The SMILES string of the molecule is CCNC(=NCCc1cn2cccc(C)c2n1)N1CCN(C(C)C(F)(F)F)CC1.I. The largest absolute Gasteiger partial charge is 0.403 e. The molecule has 1 aliphatic rings. The van der Waals surface area contributed by atoms with Crippen LogP contribution in [0.25, 0.3) is 5.65 Å². The van der Waals surface area contributed by atoms with E-state index in [1.807, 2.05) is 47.7 Å². The van der Waals surface area contributed by atoms with Crippen LogP contribution < -0.4 is 5.32 Å². The summed E-state index contributed by atoms with van der Waals surface area (Å²) < 4.78 is 40.8. The number of hydrogen-bond donors (Lipinski definition) is 1. The summed E-state index contributed by atoms with van der Waals surface area (Å²) in [7, 11) is 0. The molecular weight excluding hydrogens is 508 g/mol. The molecule has 168 valence electrons. The molecule has 1 fully saturated rings. The van der Waals surface area contributed by atoms with Crippen molar-refractivity contribution < 1.29 is 13.2 Å². The highest BCUT2D eigenvalue weighted by atomic mass is 127. The van der Waals surface area contributed by atoms with Crippen LogP contribution in [0, 0.1) is 6.92 Å². The van der Waals surface area contributed by atoms with E-state index in [-0.39, 0.29) is 24.0 Å². The van der Waals surface area contributed by atoms with Crippen LogP contribution in [0.2, 0.25) is 0 Å². The van der Waals surface area contributed by atoms with Crippen LogP contribution in [-0.2, 0) is 6.42 Å². The molecule has 0 aromatic carbocycles. The first-order valence-electron chi connectivity index (χ1n) is 10.1. The molecule has 1 saturated heterocycles. The number of nitrogens with one attached hydrogen (secondary N) is 1. The molecule has 2 aromatic heterocycles. The maximum absolute atomic E-state index is 12.9. The van der Waals surface area contributed by atoms with Crippen molar-refractivity contribution in [1.29, 1.82) is 0 Å². The Kier molecular flexibility index (Phi) is 8.77. The molecular formula is C20H30F3IN6. The molecule has 3 heterocycles. The smallest absolute Gasteiger partial charge is 0.357 e. The molecule has 1 aliphatic heterocycles. The molecule has 0 aliphatic carbocycles. The molecule has 2 aromatic rings. The van der Waals surface area contributed by atoms with Crippen molar-refractivity contribution in [3.8, 4) is 0 Å². The molecule has 1 unspecified atom stereocenters. The van der Waals surface area contributed by atoms with Gasteiger partial charge in [0.15, 0.2) is 5.96 Å². The van der Waals surface area contributed by atoms with Gasteiger partial charge >= 0.3 is 6.18 Å². The van der Waals surface area contributed by atoms with Gasteiger partial charge in [-0.25, -0.2) is 4.98 Å². The maximum atomic E-state index is 12.9. The number of alkyl halides is 3. The number of halogens is 4. The van der Waals surface area contributed by atoms with E-state index in [0.29, 0.717) is 45.7 Å². The topological polar surface area (TPSA) is 48.2 Å². The Morgan fingerprint density at radius 2 is 1.97 bits per heavy atom. The van der Waals surface area contributed by atoms with Crippen molar-refractivity contribution in [2.45, 2.75) is 39.4 Å². The zero-order chi connectivity index (χ0) is 21.0. The predicted molar refractivity (Wildman–Crippen MR) is 124 cm³/mol. The number of guanidine groups is 1. The highest BCUT2D eigenvalue weighted by Crippen LogP contribution is 2.25. The quantitative estimate of drug-likeness (QED) is 0.361. The van der Waals surface area contributed by atoms with Gasteiger partial charge in [0.2, 0.25) is 0 Å². The molecule has 0 radical (unpaired) electrons. The second-order valence-electron chi connectivity index (χ2n) is 7.38. The summed E-state index contributed by atoms with van der Waals surface area (Å²) in [4.78, 5) is 12.9. The standard InChI is InChI=1S/C20H29F3N6.HI/c1-4-24-19(28-12-10-27(11-13-28)16(3)20(21,22)23)25-8-7-17-14-29-9-5-6-15(2)18(29)26-17;/h5-6,9,14,16H,4,7-8,10-13H2,1-3H3,(H,24,25);1H. The van der Waals surface area contributed by atoms with E-state index in [1.54, 1.807) is 0 Å². The van der Waals surface area contributed by atoms with Gasteiger partial charge in [-0.15, -0.1) is 24.0 Å². The van der Waals surface area contributed by atoms with Crippen molar-refractivity contribution in [3.63, 3.8) is 0 Å². The average Bonchev–Trinajstić information content (AvgIpc) is 3.10. The third-order valence-electron chi connectivity index (χ3n) is 5.33. The Labute approximate surface area is 192 Å². The molecule has 0 saturated carbocycles. The summed E-state index contributed by atoms with van der Waals surface area (Å²) in [5.74, 6) is 0.756. The minimum Gasteiger partial charge on any atom is -0.357 e. The predicted octanol–water partition coefficient (Wildman–Crippen LogP) is 3.34. The first-order valence-corrected chi connectivity index (χ1v) is 10.1. The third-order valence-corrected chi connectivity index (χ3v) is 5.33. The van der Waals surface area contributed by atoms with Gasteiger partial charge in [-0.3, -0.25) is 9.89 Å². The Morgan fingerprint density at radius 3 is 2.57 bits per heavy atom. The first-order chi connectivity index (χ1) is 13.8. The number of piperazine rings is 1. The van der Waals surface area contributed by atoms with Crippen LogP contribution >= 0.6 is 24.0 Å². The number of imidazole rings is 1. The molecule has 3 rings (SSSR count). The first kappa shape index (κ1) is 24.7. The van der Waals surface area contributed by atoms with E-state index in [4.69, 9.17) is 0 Å². The Bertz CT molecular complexity index is 843. The van der Waals surface area contributed by atoms with Crippen LogP contribution in [-0.4, -0.2) is 76.6 Å². The number of nitrogens with zero attached hydrogens (tertiary/aromatic N) is 5. The lowest BCUT2D eigenvalue weighted by atomic mass is 10.2. The van der Waals surface area contributed by atoms with Gasteiger partial charge in [-0.1, -0.05) is 6.07 Å². The van der Waals surface area contributed by atoms with E-state index in [1.165, 1.54) is 11.8 Å². The number of hydrogen-bond acceptors (Lipinski definition) is 3. The fraction of sp³-hybridized carbons (Fsp3) is 0.600. The minimum atomic E-state index is -4.19. The summed E-state index contributed by atoms with van der Waals surface area (Å²) in [6, 6.07) is 2.61. The van der Waals surface area contributed by atoms with Crippen LogP contribution in [0.1, 0.15) is 25.1 Å². The minimum absolute atomic E-state index is 0. The lowest BCUT2D eigenvalue weighted by Crippen LogP contribution is -2.56. The highest BCUT2D eigenvalue weighted by molar-refractivity contribution is 14.0. The zero-order valence-corrected chi connectivity index (χ0v) is 19.9. The number of fused-ring (bicyclic) bond motifs is 1. The molecule has 1 atom stereocenters. The van der Waals surface area contributed by atoms with Crippen molar-refractivity contribution in [1.82, 2.24) is 24.5 Å². The van der Waals surface area contributed by atoms with Crippen LogP contribution in [0.4, 0.5) is 13.2 Å². The third kappa shape index (κ3) is 5.99. The number of rotatable bonds is 5. The van der Waals surface area contributed by atoms with Crippen LogP contribution in [0.15, 0.2) is 29.5 Å². The van der Waals surface area contributed by atoms with Crippen molar-refractivity contribution >= 4 is 35.6 Å². The summed E-state index contributed by atoms with van der Waals surface area (Å²) in [5, 5.41) is 3.26. The zero-order valence-electron chi connectivity index (χ0n) is 17.6. The number of aromatic nitrogens is 2. The summed E-state index contributed by atoms with van der Waals surface area (Å²) in [6.45, 7) is 8.34. The monoisotopic (exact) mass is 538 g/mol. The number of aryl methyl sites for hydroxylation is 1. The Balaban J connectivity index is 0.00000320. The molecule has 1 N–H and O–H groups in total. The van der Waals surface area contributed by atoms with Gasteiger partial charge in [0.05, 0.1) is 5.69 Å². The second kappa shape index (κ2) is 10.7. The van der Waals surface area contributed by atoms with Gasteiger partial charge in [0.1, 0.15) is 11.7 Å². The number of aliphatic imine (C=N–C) groups is 1. The van der Waals surface area contributed by atoms with Gasteiger partial charge < -0.3 is 14.6 Å². The van der Waals surface area contributed by atoms with E-state index in [2.05, 4.69) is 15.3 Å². The van der Waals surface area contributed by atoms with E-state index < -0.39 is 12.2 Å². The normalized spacial score (nSPS) is 17.1. The lowest BCUT2D eigenvalue weighted by molar-refractivity contribution is -0.181. The highest BCUT2D eigenvalue weighted by Gasteiger charge is 2.41. The van der Waals surface area contributed by atoms with Gasteiger partial charge in [0.25, 0.3) is 0 Å². The molecule has 0 amide bonds. The van der Waals surface area contributed by atoms with E-state index in [0.717, 1.165) is 22.9 Å². The molecule has 0 bridgehead atoms. The van der Waals surface area contributed by atoms with Crippen molar-refractivity contribution in [3.05, 3.63) is 35.8 Å². The van der Waals surface area contributed by atoms with Crippen molar-refractivity contribution in [2.24, 2.45) is 4.99 Å². The Morgan fingerprint density at radius 1 is 1.27 bits per heavy atom. The lowest BCUT2D eigenvalue weighted by Gasteiger charge is -2.39. The average molecular weight is 538 g/mol. The van der Waals surface area contributed by atoms with E-state index in [9.17, 15) is 13.2 Å². The fourth-order valence-electron chi connectivity index (χ4n) is 3.56. The molecule has 30 heavy (non-hydrogen) atoms. The van der Waals surface area contributed by atoms with Crippen LogP contribution in [0.3, 0.4) is 0 Å². The molecule has 6 nitrogen and oxygen atoms in total. The van der Waals surface area contributed by atoms with Gasteiger partial charge in [-0.05, 0) is 32.4 Å². The summed E-state index contributed by atoms with van der Waals surface area (Å²) in [6.07, 6.45) is 0.518.